The molecule has 1 N–H and O–H groups in total. The number of aryl methyl sites for hydroxylation is 1. The Hall–Kier alpha value is -1.83. The number of ether oxygens (including phenoxy) is 1. The Labute approximate surface area is 117 Å². The fraction of sp³-hybridized carbons (Fsp3) is 0.333. The average molecular weight is 303 g/mol. The normalized spacial score (nSPS) is 11.4. The van der Waals surface area contributed by atoms with Gasteiger partial charge in [-0.2, -0.15) is 0 Å². The molecule has 1 heterocycles. The zero-order valence-corrected chi connectivity index (χ0v) is 11.4. The molecule has 0 amide bonds. The van der Waals surface area contributed by atoms with Crippen LogP contribution in [0.5, 0.6) is 5.75 Å². The number of nitrogens with one attached hydrogen (secondary N) is 1. The van der Waals surface area contributed by atoms with Crippen molar-refractivity contribution in [3.05, 3.63) is 34.8 Å². The predicted octanol–water partition coefficient (Wildman–Crippen LogP) is 3.61. The monoisotopic (exact) mass is 303 g/mol. The minimum Gasteiger partial charge on any atom is -0.406 e. The molecule has 0 aliphatic heterocycles. The summed E-state index contributed by atoms with van der Waals surface area (Å²) in [4.78, 5) is 0. The molecule has 1 aromatic carbocycles. The maximum absolute atomic E-state index is 12.1. The van der Waals surface area contributed by atoms with Crippen molar-refractivity contribution in [3.63, 3.8) is 0 Å². The second kappa shape index (κ2) is 6.08. The number of aromatic nitrogens is 2. The Balaban J connectivity index is 1.97. The fourth-order valence-electron chi connectivity index (χ4n) is 1.50. The van der Waals surface area contributed by atoms with E-state index in [1.165, 1.54) is 29.5 Å². The van der Waals surface area contributed by atoms with Crippen LogP contribution < -0.4 is 10.1 Å². The van der Waals surface area contributed by atoms with Gasteiger partial charge in [0.05, 0.1) is 0 Å². The number of alkyl halides is 3. The standard InChI is InChI=1S/C12H12F3N3OS/c1-2-10-17-18-11(20-10)16-7-8-4-3-5-9(6-8)19-12(13,14)15/h3-6H,2,7H2,1H3,(H,16,18). The summed E-state index contributed by atoms with van der Waals surface area (Å²) >= 11 is 1.42. The highest BCUT2D eigenvalue weighted by molar-refractivity contribution is 7.15. The van der Waals surface area contributed by atoms with Gasteiger partial charge in [0.2, 0.25) is 5.13 Å². The quantitative estimate of drug-likeness (QED) is 0.916. The van der Waals surface area contributed by atoms with Gasteiger partial charge in [0.1, 0.15) is 10.8 Å². The van der Waals surface area contributed by atoms with Gasteiger partial charge >= 0.3 is 6.36 Å². The molecular weight excluding hydrogens is 291 g/mol. The van der Waals surface area contributed by atoms with Crippen molar-refractivity contribution in [2.24, 2.45) is 0 Å². The second-order valence-electron chi connectivity index (χ2n) is 3.90. The number of halogens is 3. The van der Waals surface area contributed by atoms with Crippen molar-refractivity contribution in [1.29, 1.82) is 0 Å². The smallest absolute Gasteiger partial charge is 0.406 e. The summed E-state index contributed by atoms with van der Waals surface area (Å²) in [5.74, 6) is -0.233. The van der Waals surface area contributed by atoms with Crippen LogP contribution in [0.4, 0.5) is 18.3 Å². The molecule has 0 aliphatic rings. The van der Waals surface area contributed by atoms with E-state index in [0.29, 0.717) is 17.2 Å². The van der Waals surface area contributed by atoms with Gasteiger partial charge in [0.15, 0.2) is 0 Å². The van der Waals surface area contributed by atoms with E-state index in [0.717, 1.165) is 11.4 Å². The van der Waals surface area contributed by atoms with E-state index in [-0.39, 0.29) is 5.75 Å². The molecule has 0 unspecified atom stereocenters. The van der Waals surface area contributed by atoms with Crippen molar-refractivity contribution in [3.8, 4) is 5.75 Å². The minimum atomic E-state index is -4.68. The van der Waals surface area contributed by atoms with Gasteiger partial charge in [-0.25, -0.2) is 0 Å². The van der Waals surface area contributed by atoms with Crippen LogP contribution in [0.3, 0.4) is 0 Å². The van der Waals surface area contributed by atoms with Crippen molar-refractivity contribution < 1.29 is 17.9 Å². The van der Waals surface area contributed by atoms with E-state index in [1.807, 2.05) is 6.92 Å². The lowest BCUT2D eigenvalue weighted by atomic mass is 10.2. The first-order valence-corrected chi connectivity index (χ1v) is 6.69. The third kappa shape index (κ3) is 4.37. The Bertz CT molecular complexity index is 571. The first-order valence-electron chi connectivity index (χ1n) is 5.87. The van der Waals surface area contributed by atoms with Crippen LogP contribution >= 0.6 is 11.3 Å². The Morgan fingerprint density at radius 1 is 1.30 bits per heavy atom. The molecule has 0 saturated carbocycles. The Morgan fingerprint density at radius 2 is 2.10 bits per heavy atom. The van der Waals surface area contributed by atoms with E-state index >= 15 is 0 Å². The van der Waals surface area contributed by atoms with Crippen LogP contribution in [0.2, 0.25) is 0 Å². The molecule has 0 fully saturated rings. The SMILES string of the molecule is CCc1nnc(NCc2cccc(OC(F)(F)F)c2)s1. The van der Waals surface area contributed by atoms with Crippen LogP contribution in [0, 0.1) is 0 Å². The van der Waals surface area contributed by atoms with Gasteiger partial charge in [0.25, 0.3) is 0 Å². The first-order chi connectivity index (χ1) is 9.46. The Morgan fingerprint density at radius 3 is 2.75 bits per heavy atom. The predicted molar refractivity (Wildman–Crippen MR) is 69.7 cm³/mol. The third-order valence-electron chi connectivity index (χ3n) is 2.35. The summed E-state index contributed by atoms with van der Waals surface area (Å²) in [5.41, 5.74) is 0.667. The molecule has 2 rings (SSSR count). The van der Waals surface area contributed by atoms with E-state index in [1.54, 1.807) is 6.07 Å². The van der Waals surface area contributed by atoms with E-state index in [2.05, 4.69) is 20.3 Å². The van der Waals surface area contributed by atoms with Gasteiger partial charge in [-0.05, 0) is 24.1 Å². The lowest BCUT2D eigenvalue weighted by Crippen LogP contribution is -2.17. The topological polar surface area (TPSA) is 47.0 Å². The lowest BCUT2D eigenvalue weighted by molar-refractivity contribution is -0.274. The summed E-state index contributed by atoms with van der Waals surface area (Å²) in [5, 5.41) is 12.4. The molecule has 0 spiro atoms. The van der Waals surface area contributed by atoms with E-state index in [9.17, 15) is 13.2 Å². The van der Waals surface area contributed by atoms with Gasteiger partial charge < -0.3 is 10.1 Å². The van der Waals surface area contributed by atoms with Gasteiger partial charge in [-0.15, -0.1) is 23.4 Å². The number of benzene rings is 1. The van der Waals surface area contributed by atoms with Gasteiger partial charge in [-0.3, -0.25) is 0 Å². The number of anilines is 1. The molecule has 1 aromatic heterocycles. The summed E-state index contributed by atoms with van der Waals surface area (Å²) in [7, 11) is 0. The maximum Gasteiger partial charge on any atom is 0.573 e. The molecule has 0 atom stereocenters. The van der Waals surface area contributed by atoms with Crippen LogP contribution in [0.15, 0.2) is 24.3 Å². The van der Waals surface area contributed by atoms with Crippen LogP contribution in [0.1, 0.15) is 17.5 Å². The number of hydrogen-bond donors (Lipinski definition) is 1. The van der Waals surface area contributed by atoms with Crippen molar-refractivity contribution in [1.82, 2.24) is 10.2 Å². The fourth-order valence-corrected chi connectivity index (χ4v) is 2.17. The Kier molecular flexibility index (Phi) is 4.43. The van der Waals surface area contributed by atoms with Crippen LogP contribution in [-0.2, 0) is 13.0 Å². The van der Waals surface area contributed by atoms with Crippen LogP contribution in [0.25, 0.3) is 0 Å². The minimum absolute atomic E-state index is 0.233. The summed E-state index contributed by atoms with van der Waals surface area (Å²) < 4.78 is 40.2. The second-order valence-corrected chi connectivity index (χ2v) is 4.97. The van der Waals surface area contributed by atoms with Crippen LogP contribution in [-0.4, -0.2) is 16.6 Å². The molecule has 0 bridgehead atoms. The zero-order chi connectivity index (χ0) is 14.6. The molecule has 0 radical (unpaired) electrons. The van der Waals surface area contributed by atoms with Crippen molar-refractivity contribution in [2.75, 3.05) is 5.32 Å². The van der Waals surface area contributed by atoms with Crippen molar-refractivity contribution in [2.45, 2.75) is 26.3 Å². The molecular formula is C12H12F3N3OS. The summed E-state index contributed by atoms with van der Waals surface area (Å²) in [6.45, 7) is 2.33. The molecule has 0 saturated heterocycles. The highest BCUT2D eigenvalue weighted by atomic mass is 32.1. The largest absolute Gasteiger partial charge is 0.573 e. The molecule has 108 valence electrons. The van der Waals surface area contributed by atoms with Crippen molar-refractivity contribution >= 4 is 16.5 Å². The highest BCUT2D eigenvalue weighted by Crippen LogP contribution is 2.24. The number of hydrogen-bond acceptors (Lipinski definition) is 5. The maximum atomic E-state index is 12.1. The molecule has 4 nitrogen and oxygen atoms in total. The summed E-state index contributed by atoms with van der Waals surface area (Å²) in [6.07, 6.45) is -3.88. The molecule has 8 heteroatoms. The van der Waals surface area contributed by atoms with E-state index < -0.39 is 6.36 Å². The van der Waals surface area contributed by atoms with Gasteiger partial charge in [0, 0.05) is 6.54 Å². The molecule has 2 aromatic rings. The van der Waals surface area contributed by atoms with Gasteiger partial charge in [-0.1, -0.05) is 30.4 Å². The molecule has 20 heavy (non-hydrogen) atoms. The molecule has 0 aliphatic carbocycles. The summed E-state index contributed by atoms with van der Waals surface area (Å²) in [6, 6.07) is 5.81. The highest BCUT2D eigenvalue weighted by Gasteiger charge is 2.31. The number of rotatable bonds is 5. The third-order valence-corrected chi connectivity index (χ3v) is 3.37. The van der Waals surface area contributed by atoms with E-state index in [4.69, 9.17) is 0 Å². The number of nitrogens with zero attached hydrogens (tertiary/aromatic N) is 2. The lowest BCUT2D eigenvalue weighted by Gasteiger charge is -2.10. The average Bonchev–Trinajstić information content (AvgIpc) is 2.83. The first kappa shape index (κ1) is 14.6. The zero-order valence-electron chi connectivity index (χ0n) is 10.6.